The number of nitrogens with zero attached hydrogens (tertiary/aromatic N) is 1. The Bertz CT molecular complexity index is 140. The van der Waals surface area contributed by atoms with Crippen molar-refractivity contribution in [3.8, 4) is 0 Å². The number of aliphatic hydroxyl groups is 1. The highest BCUT2D eigenvalue weighted by atomic mass is 16.6. The van der Waals surface area contributed by atoms with E-state index in [4.69, 9.17) is 10.2 Å². The summed E-state index contributed by atoms with van der Waals surface area (Å²) in [6.45, 7) is 1.06. The Kier molecular flexibility index (Phi) is 2.75. The quantitative estimate of drug-likeness (QED) is 0.400. The van der Waals surface area contributed by atoms with Crippen LogP contribution in [0.5, 0.6) is 0 Å². The standard InChI is InChI=1S/C4H7NO5/c1-2(6)3(4(7)8)5(9)10/h2-3,6H,1H3,(H,7,8). The molecule has 0 saturated heterocycles. The van der Waals surface area contributed by atoms with E-state index in [1.165, 1.54) is 0 Å². The van der Waals surface area contributed by atoms with Gasteiger partial charge in [-0.2, -0.15) is 0 Å². The van der Waals surface area contributed by atoms with Crippen LogP contribution in [-0.4, -0.2) is 33.3 Å². The van der Waals surface area contributed by atoms with E-state index in [0.29, 0.717) is 0 Å². The Morgan fingerprint density at radius 3 is 2.10 bits per heavy atom. The lowest BCUT2D eigenvalue weighted by Crippen LogP contribution is -2.38. The molecule has 0 aromatic rings. The first-order valence-corrected chi connectivity index (χ1v) is 2.51. The number of carboxylic acid groups (broad SMARTS) is 1. The smallest absolute Gasteiger partial charge is 0.382 e. The topological polar surface area (TPSA) is 101 Å². The van der Waals surface area contributed by atoms with Crippen LogP contribution < -0.4 is 0 Å². The molecule has 0 bridgehead atoms. The van der Waals surface area contributed by atoms with Crippen molar-refractivity contribution >= 4 is 5.97 Å². The lowest BCUT2D eigenvalue weighted by Gasteiger charge is -2.05. The molecule has 0 aromatic heterocycles. The lowest BCUT2D eigenvalue weighted by molar-refractivity contribution is -0.520. The Balaban J connectivity index is 4.27. The fourth-order valence-electron chi connectivity index (χ4n) is 0.473. The minimum Gasteiger partial charge on any atom is -0.476 e. The van der Waals surface area contributed by atoms with Gasteiger partial charge in [-0.05, 0) is 6.92 Å². The maximum absolute atomic E-state index is 9.98. The van der Waals surface area contributed by atoms with Gasteiger partial charge >= 0.3 is 12.0 Å². The van der Waals surface area contributed by atoms with Crippen LogP contribution in [0.25, 0.3) is 0 Å². The van der Waals surface area contributed by atoms with Gasteiger partial charge in [-0.15, -0.1) is 0 Å². The zero-order chi connectivity index (χ0) is 8.31. The van der Waals surface area contributed by atoms with Gasteiger partial charge in [-0.3, -0.25) is 10.1 Å². The van der Waals surface area contributed by atoms with Crippen LogP contribution >= 0.6 is 0 Å². The molecule has 0 saturated carbocycles. The third kappa shape index (κ3) is 1.98. The van der Waals surface area contributed by atoms with Crippen molar-refractivity contribution in [3.63, 3.8) is 0 Å². The Hall–Kier alpha value is -1.17. The first-order chi connectivity index (χ1) is 4.46. The van der Waals surface area contributed by atoms with Crippen molar-refractivity contribution in [2.75, 3.05) is 0 Å². The van der Waals surface area contributed by atoms with Gasteiger partial charge < -0.3 is 10.2 Å². The highest BCUT2D eigenvalue weighted by Crippen LogP contribution is 1.96. The van der Waals surface area contributed by atoms with Crippen LogP contribution in [0, 0.1) is 10.1 Å². The maximum Gasteiger partial charge on any atom is 0.382 e. The summed E-state index contributed by atoms with van der Waals surface area (Å²) in [4.78, 5) is 18.8. The van der Waals surface area contributed by atoms with Gasteiger partial charge in [0.15, 0.2) is 0 Å². The molecule has 0 aliphatic rings. The molecule has 6 nitrogen and oxygen atoms in total. The van der Waals surface area contributed by atoms with Crippen molar-refractivity contribution in [1.82, 2.24) is 0 Å². The third-order valence-corrected chi connectivity index (χ3v) is 0.937. The van der Waals surface area contributed by atoms with Gasteiger partial charge in [-0.25, -0.2) is 4.79 Å². The fraction of sp³-hybridized carbons (Fsp3) is 0.750. The van der Waals surface area contributed by atoms with Gasteiger partial charge in [-0.1, -0.05) is 0 Å². The molecule has 6 heteroatoms. The van der Waals surface area contributed by atoms with Crippen molar-refractivity contribution in [2.45, 2.75) is 19.1 Å². The maximum atomic E-state index is 9.98. The molecule has 10 heavy (non-hydrogen) atoms. The van der Waals surface area contributed by atoms with Crippen molar-refractivity contribution in [1.29, 1.82) is 0 Å². The van der Waals surface area contributed by atoms with Crippen LogP contribution in [0.15, 0.2) is 0 Å². The van der Waals surface area contributed by atoms with Crippen LogP contribution in [0.1, 0.15) is 6.92 Å². The largest absolute Gasteiger partial charge is 0.476 e. The van der Waals surface area contributed by atoms with E-state index >= 15 is 0 Å². The molecule has 2 N–H and O–H groups in total. The molecule has 0 fully saturated rings. The van der Waals surface area contributed by atoms with Gasteiger partial charge in [0.1, 0.15) is 6.10 Å². The molecule has 0 heterocycles. The second kappa shape index (κ2) is 3.11. The summed E-state index contributed by atoms with van der Waals surface area (Å²) in [6.07, 6.45) is -1.47. The second-order valence-corrected chi connectivity index (χ2v) is 1.81. The summed E-state index contributed by atoms with van der Waals surface area (Å²) in [7, 11) is 0. The summed E-state index contributed by atoms with van der Waals surface area (Å²) in [5.74, 6) is -1.63. The number of nitro groups is 1. The van der Waals surface area contributed by atoms with E-state index in [0.717, 1.165) is 6.92 Å². The summed E-state index contributed by atoms with van der Waals surface area (Å²) in [6, 6.07) is -1.92. The van der Waals surface area contributed by atoms with E-state index in [-0.39, 0.29) is 0 Å². The Morgan fingerprint density at radius 1 is 1.70 bits per heavy atom. The van der Waals surface area contributed by atoms with Crippen LogP contribution in [-0.2, 0) is 4.79 Å². The molecular formula is C4H7NO5. The first-order valence-electron chi connectivity index (χ1n) is 2.51. The average molecular weight is 149 g/mol. The summed E-state index contributed by atoms with van der Waals surface area (Å²) in [5, 5.41) is 26.5. The number of hydrogen-bond donors (Lipinski definition) is 2. The highest BCUT2D eigenvalue weighted by Gasteiger charge is 2.34. The molecular weight excluding hydrogens is 142 g/mol. The van der Waals surface area contributed by atoms with Crippen LogP contribution in [0.4, 0.5) is 0 Å². The van der Waals surface area contributed by atoms with Gasteiger partial charge in [0.25, 0.3) is 0 Å². The zero-order valence-electron chi connectivity index (χ0n) is 5.22. The van der Waals surface area contributed by atoms with Crippen LogP contribution in [0.2, 0.25) is 0 Å². The van der Waals surface area contributed by atoms with E-state index in [2.05, 4.69) is 0 Å². The monoisotopic (exact) mass is 149 g/mol. The molecule has 0 spiro atoms. The normalized spacial score (nSPS) is 15.8. The third-order valence-electron chi connectivity index (χ3n) is 0.937. The highest BCUT2D eigenvalue weighted by molar-refractivity contribution is 5.72. The van der Waals surface area contributed by atoms with Gasteiger partial charge in [0.05, 0.1) is 0 Å². The molecule has 2 atom stereocenters. The SMILES string of the molecule is CC(O)C(C(=O)O)[N+](=O)[O-]. The average Bonchev–Trinajstić information content (AvgIpc) is 1.59. The number of carbonyl (C=O) groups is 1. The zero-order valence-corrected chi connectivity index (χ0v) is 5.22. The first kappa shape index (κ1) is 8.83. The van der Waals surface area contributed by atoms with Crippen LogP contribution in [0.3, 0.4) is 0 Å². The van der Waals surface area contributed by atoms with Gasteiger partial charge in [0, 0.05) is 4.92 Å². The van der Waals surface area contributed by atoms with Crippen molar-refractivity contribution < 1.29 is 19.9 Å². The molecule has 0 rings (SSSR count). The number of aliphatic carboxylic acids is 1. The van der Waals surface area contributed by atoms with Gasteiger partial charge in [0.2, 0.25) is 0 Å². The summed E-state index contributed by atoms with van der Waals surface area (Å²) < 4.78 is 0. The molecule has 0 aliphatic carbocycles. The van der Waals surface area contributed by atoms with E-state index in [1.54, 1.807) is 0 Å². The molecule has 2 unspecified atom stereocenters. The number of carboxylic acids is 1. The number of aliphatic hydroxyl groups excluding tert-OH is 1. The summed E-state index contributed by atoms with van der Waals surface area (Å²) >= 11 is 0. The number of rotatable bonds is 3. The fourth-order valence-corrected chi connectivity index (χ4v) is 0.473. The van der Waals surface area contributed by atoms with Crippen molar-refractivity contribution in [2.24, 2.45) is 0 Å². The minimum absolute atomic E-state index is 1.03. The Labute approximate surface area is 56.2 Å². The number of hydrogen-bond acceptors (Lipinski definition) is 4. The van der Waals surface area contributed by atoms with E-state index < -0.39 is 23.0 Å². The van der Waals surface area contributed by atoms with E-state index in [9.17, 15) is 14.9 Å². The molecule has 58 valence electrons. The molecule has 0 aliphatic heterocycles. The van der Waals surface area contributed by atoms with E-state index in [1.807, 2.05) is 0 Å². The lowest BCUT2D eigenvalue weighted by atomic mass is 10.2. The summed E-state index contributed by atoms with van der Waals surface area (Å²) in [5.41, 5.74) is 0. The second-order valence-electron chi connectivity index (χ2n) is 1.81. The predicted octanol–water partition coefficient (Wildman–Crippen LogP) is -0.903. The van der Waals surface area contributed by atoms with Crippen molar-refractivity contribution in [3.05, 3.63) is 10.1 Å². The molecule has 0 radical (unpaired) electrons. The Morgan fingerprint density at radius 2 is 2.10 bits per heavy atom. The minimum atomic E-state index is -1.92. The molecule has 0 amide bonds. The predicted molar refractivity (Wildman–Crippen MR) is 30.1 cm³/mol. The molecule has 0 aromatic carbocycles.